The van der Waals surface area contributed by atoms with Crippen molar-refractivity contribution in [1.29, 1.82) is 0 Å². The van der Waals surface area contributed by atoms with Gasteiger partial charge >= 0.3 is 0 Å². The summed E-state index contributed by atoms with van der Waals surface area (Å²) in [6.07, 6.45) is 18.9. The van der Waals surface area contributed by atoms with Crippen molar-refractivity contribution in [1.82, 2.24) is 49.8 Å². The van der Waals surface area contributed by atoms with E-state index in [1.165, 1.54) is 22.3 Å². The summed E-state index contributed by atoms with van der Waals surface area (Å²) in [6, 6.07) is 16.5. The van der Waals surface area contributed by atoms with Gasteiger partial charge in [0.1, 0.15) is 0 Å². The van der Waals surface area contributed by atoms with Crippen molar-refractivity contribution in [2.45, 2.75) is 25.7 Å². The van der Waals surface area contributed by atoms with Crippen molar-refractivity contribution in [3.8, 4) is 0 Å². The quantitative estimate of drug-likeness (QED) is 0.0930. The smallest absolute Gasteiger partial charge is 0.178 e. The molecule has 236 valence electrons. The molecule has 0 aliphatic rings. The summed E-state index contributed by atoms with van der Waals surface area (Å²) in [5, 5.41) is 0. The zero-order chi connectivity index (χ0) is 33.0. The molecule has 10 nitrogen and oxygen atoms in total. The van der Waals surface area contributed by atoms with Crippen LogP contribution in [0.3, 0.4) is 0 Å². The molecule has 0 radical (unpaired) electrons. The topological polar surface area (TPSA) is 146 Å². The van der Waals surface area contributed by atoms with Gasteiger partial charge in [0.15, 0.2) is 28.6 Å². The van der Waals surface area contributed by atoms with Gasteiger partial charge in [0.05, 0.1) is 0 Å². The van der Waals surface area contributed by atoms with Crippen LogP contribution < -0.4 is 0 Å². The predicted molar refractivity (Wildman–Crippen MR) is 196 cm³/mol. The minimum absolute atomic E-state index is 0.448. The van der Waals surface area contributed by atoms with Gasteiger partial charge in [0.2, 0.25) is 0 Å². The van der Waals surface area contributed by atoms with E-state index in [-0.39, 0.29) is 0 Å². The van der Waals surface area contributed by atoms with Gasteiger partial charge in [-0.1, -0.05) is 0 Å². The van der Waals surface area contributed by atoms with E-state index >= 15 is 0 Å². The second kappa shape index (κ2) is 20.9. The van der Waals surface area contributed by atoms with Gasteiger partial charge in [0.25, 0.3) is 0 Å². The number of aryl methyl sites for hydroxylation is 4. The molecule has 46 heavy (non-hydrogen) atoms. The zero-order valence-corrected chi connectivity index (χ0v) is 29.2. The fraction of sp³-hybridized carbons (Fsp3) is 0.133. The highest BCUT2D eigenvalue weighted by atomic mass is 32.1. The van der Waals surface area contributed by atoms with E-state index < -0.39 is 0 Å². The van der Waals surface area contributed by atoms with Crippen LogP contribution in [0.25, 0.3) is 0 Å². The maximum Gasteiger partial charge on any atom is 0.178 e. The molecule has 0 bridgehead atoms. The van der Waals surface area contributed by atoms with E-state index in [0.717, 1.165) is 25.7 Å². The molecule has 0 atom stereocenters. The molecule has 0 fully saturated rings. The Kier molecular flexibility index (Phi) is 16.5. The first kappa shape index (κ1) is 36.4. The molecule has 0 amide bonds. The summed E-state index contributed by atoms with van der Waals surface area (Å²) in [6.45, 7) is 0. The monoisotopic (exact) mass is 722 g/mol. The molecule has 6 heterocycles. The van der Waals surface area contributed by atoms with Crippen LogP contribution >= 0.6 is 73.3 Å². The summed E-state index contributed by atoms with van der Waals surface area (Å²) in [4.78, 5) is 31.9. The number of hydrogen-bond acceptors (Lipinski definition) is 10. The van der Waals surface area contributed by atoms with Crippen LogP contribution in [0.15, 0.2) is 98.1 Å². The van der Waals surface area contributed by atoms with Crippen molar-refractivity contribution >= 4 is 73.3 Å². The molecule has 0 aliphatic carbocycles. The molecule has 6 aromatic rings. The van der Waals surface area contributed by atoms with Crippen LogP contribution in [0, 0.1) is 28.6 Å². The molecule has 6 N–H and O–H groups in total. The van der Waals surface area contributed by atoms with Gasteiger partial charge in [-0.15, -0.1) is 0 Å². The molecule has 6 rings (SSSR count). The largest absolute Gasteiger partial charge is 0.309 e. The number of pyridine rings is 4. The molecule has 0 aliphatic heterocycles. The number of hydrogen-bond donors (Lipinski definition) is 6. The van der Waals surface area contributed by atoms with E-state index in [1.54, 1.807) is 0 Å². The van der Waals surface area contributed by atoms with Crippen molar-refractivity contribution in [2.75, 3.05) is 0 Å². The lowest BCUT2D eigenvalue weighted by molar-refractivity contribution is 0.951. The van der Waals surface area contributed by atoms with Crippen LogP contribution in [0.5, 0.6) is 0 Å². The summed E-state index contributed by atoms with van der Waals surface area (Å²) >= 11 is 28.3. The average molecular weight is 723 g/mol. The molecule has 0 unspecified atom stereocenters. The van der Waals surface area contributed by atoms with Crippen molar-refractivity contribution in [3.63, 3.8) is 0 Å². The lowest BCUT2D eigenvalue weighted by Gasteiger charge is -2.00. The molecular formula is C30H30N10S6. The Morgan fingerprint density at radius 2 is 0.457 bits per heavy atom. The van der Waals surface area contributed by atoms with Crippen LogP contribution in [0.4, 0.5) is 0 Å². The van der Waals surface area contributed by atoms with E-state index in [2.05, 4.69) is 98.4 Å². The standard InChI is InChI=1S/2C12H12N2.2C3H3N3S3/c2*1(11-3-7-13-8-4-11)2-12-5-9-14-10-6-12;2*7-1-4-2(8)6-3(9)5-1/h2*3-10H,1-2H2;2*(H3,4,5,6,7,8,9). The number of aromatic nitrogens is 10. The van der Waals surface area contributed by atoms with Gasteiger partial charge in [-0.25, -0.2) is 0 Å². The fourth-order valence-electron chi connectivity index (χ4n) is 3.58. The van der Waals surface area contributed by atoms with Gasteiger partial charge in [-0.3, -0.25) is 19.9 Å². The highest BCUT2D eigenvalue weighted by molar-refractivity contribution is 7.72. The molecule has 16 heteroatoms. The van der Waals surface area contributed by atoms with Crippen LogP contribution in [0.1, 0.15) is 22.3 Å². The lowest BCUT2D eigenvalue weighted by Crippen LogP contribution is -1.91. The summed E-state index contributed by atoms with van der Waals surface area (Å²) in [5.74, 6) is 0. The first-order valence-corrected chi connectivity index (χ1v) is 16.1. The zero-order valence-electron chi connectivity index (χ0n) is 24.3. The minimum atomic E-state index is 0.448. The van der Waals surface area contributed by atoms with E-state index in [4.69, 9.17) is 73.3 Å². The highest BCUT2D eigenvalue weighted by Crippen LogP contribution is 2.06. The normalized spacial score (nSPS) is 9.74. The van der Waals surface area contributed by atoms with Gasteiger partial charge in [-0.2, -0.15) is 0 Å². The average Bonchev–Trinajstić information content (AvgIpc) is 3.04. The molecule has 0 saturated carbocycles. The number of H-pyrrole nitrogens is 6. The Morgan fingerprint density at radius 1 is 0.304 bits per heavy atom. The molecule has 6 aromatic heterocycles. The van der Waals surface area contributed by atoms with E-state index in [1.807, 2.05) is 49.6 Å². The fourth-order valence-corrected chi connectivity index (χ4v) is 5.19. The van der Waals surface area contributed by atoms with Gasteiger partial charge in [0, 0.05) is 49.6 Å². The van der Waals surface area contributed by atoms with Crippen LogP contribution in [0.2, 0.25) is 0 Å². The number of aromatic amines is 6. The third kappa shape index (κ3) is 15.8. The highest BCUT2D eigenvalue weighted by Gasteiger charge is 1.95. The van der Waals surface area contributed by atoms with Crippen molar-refractivity contribution < 1.29 is 0 Å². The second-order valence-electron chi connectivity index (χ2n) is 9.15. The Labute approximate surface area is 296 Å². The first-order chi connectivity index (χ1) is 22.3. The SMILES string of the molecule is S=c1[nH]c(=S)[nH]c(=S)[nH]1.S=c1[nH]c(=S)[nH]c(=S)[nH]1.c1cc(CCc2ccncc2)ccn1.c1cc(CCc2ccncc2)ccn1. The Morgan fingerprint density at radius 3 is 0.609 bits per heavy atom. The number of nitrogens with one attached hydrogen (secondary N) is 6. The summed E-state index contributed by atoms with van der Waals surface area (Å²) in [5.41, 5.74) is 5.32. The van der Waals surface area contributed by atoms with Crippen molar-refractivity contribution in [3.05, 3.63) is 149 Å². The second-order valence-corrected chi connectivity index (χ2v) is 11.6. The lowest BCUT2D eigenvalue weighted by atomic mass is 10.1. The summed E-state index contributed by atoms with van der Waals surface area (Å²) in [7, 11) is 0. The van der Waals surface area contributed by atoms with Gasteiger partial charge in [-0.05, 0) is 170 Å². The third-order valence-corrected chi connectivity index (χ3v) is 6.99. The van der Waals surface area contributed by atoms with Crippen molar-refractivity contribution in [2.24, 2.45) is 0 Å². The number of rotatable bonds is 6. The van der Waals surface area contributed by atoms with Crippen LogP contribution in [-0.2, 0) is 25.7 Å². The Hall–Kier alpha value is -4.06. The van der Waals surface area contributed by atoms with Gasteiger partial charge < -0.3 is 29.9 Å². The Balaban J connectivity index is 0.000000171. The molecular weight excluding hydrogens is 693 g/mol. The van der Waals surface area contributed by atoms with E-state index in [9.17, 15) is 0 Å². The summed E-state index contributed by atoms with van der Waals surface area (Å²) < 4.78 is 2.69. The number of nitrogens with zero attached hydrogens (tertiary/aromatic N) is 4. The Bertz CT molecular complexity index is 1680. The molecule has 0 spiro atoms. The van der Waals surface area contributed by atoms with E-state index in [0.29, 0.717) is 28.6 Å². The van der Waals surface area contributed by atoms with Crippen LogP contribution in [-0.4, -0.2) is 49.8 Å². The minimum Gasteiger partial charge on any atom is -0.309 e. The maximum absolute atomic E-state index is 4.72. The molecule has 0 saturated heterocycles. The maximum atomic E-state index is 4.72. The molecule has 0 aromatic carbocycles. The first-order valence-electron chi connectivity index (χ1n) is 13.7. The third-order valence-electron chi connectivity index (χ3n) is 5.76. The predicted octanol–water partition coefficient (Wildman–Crippen LogP) is 8.24.